The molecule has 0 amide bonds. The van der Waals surface area contributed by atoms with Crippen molar-refractivity contribution < 1.29 is 9.66 Å². The molecular weight excluding hydrogens is 370 g/mol. The van der Waals surface area contributed by atoms with Crippen molar-refractivity contribution in [1.82, 2.24) is 4.98 Å². The molecule has 0 fully saturated rings. The van der Waals surface area contributed by atoms with Crippen molar-refractivity contribution in [3.63, 3.8) is 0 Å². The zero-order valence-corrected chi connectivity index (χ0v) is 11.8. The van der Waals surface area contributed by atoms with Gasteiger partial charge >= 0.3 is 11.6 Å². The van der Waals surface area contributed by atoms with Gasteiger partial charge in [0, 0.05) is 6.07 Å². The van der Waals surface area contributed by atoms with Crippen LogP contribution >= 0.6 is 34.2 Å². The van der Waals surface area contributed by atoms with Crippen LogP contribution < -0.4 is 4.74 Å². The van der Waals surface area contributed by atoms with E-state index in [2.05, 4.69) is 27.6 Å². The lowest BCUT2D eigenvalue weighted by Crippen LogP contribution is -1.97. The second-order valence-corrected chi connectivity index (χ2v) is 4.80. The predicted octanol–water partition coefficient (Wildman–Crippen LogP) is 4.04. The first-order valence-electron chi connectivity index (χ1n) is 4.81. The summed E-state index contributed by atoms with van der Waals surface area (Å²) < 4.78 is 6.26. The SMILES string of the molecule is O=[N+]([O-])c1ccc(Cl)nc1Oc1ccccc1I. The summed E-state index contributed by atoms with van der Waals surface area (Å²) in [5.41, 5.74) is -0.223. The van der Waals surface area contributed by atoms with Gasteiger partial charge in [-0.2, -0.15) is 4.98 Å². The fourth-order valence-electron chi connectivity index (χ4n) is 1.26. The molecule has 0 bridgehead atoms. The Labute approximate surface area is 121 Å². The average molecular weight is 377 g/mol. The molecule has 2 aromatic rings. The summed E-state index contributed by atoms with van der Waals surface area (Å²) >= 11 is 7.78. The molecule has 5 nitrogen and oxygen atoms in total. The number of hydrogen-bond donors (Lipinski definition) is 0. The van der Waals surface area contributed by atoms with Gasteiger partial charge < -0.3 is 4.74 Å². The van der Waals surface area contributed by atoms with E-state index < -0.39 is 4.92 Å². The van der Waals surface area contributed by atoms with Crippen LogP contribution in [0.3, 0.4) is 0 Å². The molecule has 0 saturated heterocycles. The highest BCUT2D eigenvalue weighted by atomic mass is 127. The fraction of sp³-hybridized carbons (Fsp3) is 0. The second kappa shape index (κ2) is 5.49. The molecule has 92 valence electrons. The van der Waals surface area contributed by atoms with Crippen molar-refractivity contribution in [3.8, 4) is 11.6 Å². The number of rotatable bonds is 3. The molecule has 0 aliphatic heterocycles. The van der Waals surface area contributed by atoms with E-state index in [-0.39, 0.29) is 16.7 Å². The van der Waals surface area contributed by atoms with Crippen LogP contribution in [0.2, 0.25) is 5.15 Å². The minimum Gasteiger partial charge on any atom is -0.433 e. The zero-order valence-electron chi connectivity index (χ0n) is 8.84. The zero-order chi connectivity index (χ0) is 13.1. The fourth-order valence-corrected chi connectivity index (χ4v) is 1.89. The lowest BCUT2D eigenvalue weighted by Gasteiger charge is -2.06. The summed E-state index contributed by atoms with van der Waals surface area (Å²) in [7, 11) is 0. The first-order valence-corrected chi connectivity index (χ1v) is 6.27. The molecule has 2 rings (SSSR count). The minimum absolute atomic E-state index is 0.114. The summed E-state index contributed by atoms with van der Waals surface area (Å²) in [5.74, 6) is 0.382. The van der Waals surface area contributed by atoms with E-state index in [1.54, 1.807) is 12.1 Å². The van der Waals surface area contributed by atoms with Gasteiger partial charge in [0.05, 0.1) is 8.49 Å². The maximum atomic E-state index is 10.8. The van der Waals surface area contributed by atoms with Gasteiger partial charge in [-0.1, -0.05) is 23.7 Å². The quantitative estimate of drug-likeness (QED) is 0.351. The number of nitrogens with zero attached hydrogens (tertiary/aromatic N) is 2. The van der Waals surface area contributed by atoms with Gasteiger partial charge in [-0.05, 0) is 40.8 Å². The molecule has 0 saturated carbocycles. The predicted molar refractivity (Wildman–Crippen MR) is 75.1 cm³/mol. The highest BCUT2D eigenvalue weighted by Crippen LogP contribution is 2.32. The third-order valence-electron chi connectivity index (χ3n) is 2.05. The van der Waals surface area contributed by atoms with Crippen molar-refractivity contribution in [3.05, 3.63) is 55.2 Å². The van der Waals surface area contributed by atoms with Crippen LogP contribution in [-0.2, 0) is 0 Å². The van der Waals surface area contributed by atoms with E-state index in [9.17, 15) is 10.1 Å². The van der Waals surface area contributed by atoms with Gasteiger partial charge in [0.25, 0.3) is 0 Å². The van der Waals surface area contributed by atoms with Crippen molar-refractivity contribution in [2.75, 3.05) is 0 Å². The van der Waals surface area contributed by atoms with Gasteiger partial charge in [-0.25, -0.2) is 0 Å². The molecule has 1 heterocycles. The summed E-state index contributed by atoms with van der Waals surface area (Å²) in [4.78, 5) is 14.1. The standard InChI is InChI=1S/C11H6ClIN2O3/c12-10-6-5-8(15(16)17)11(14-10)18-9-4-2-1-3-7(9)13/h1-6H. The Kier molecular flexibility index (Phi) is 3.97. The number of halogens is 2. The second-order valence-electron chi connectivity index (χ2n) is 3.25. The molecule has 0 unspecified atom stereocenters. The Bertz CT molecular complexity index is 607. The molecule has 0 atom stereocenters. The Hall–Kier alpha value is -1.41. The van der Waals surface area contributed by atoms with Crippen LogP contribution in [0.1, 0.15) is 0 Å². The van der Waals surface area contributed by atoms with Crippen LogP contribution in [0.25, 0.3) is 0 Å². The van der Waals surface area contributed by atoms with Crippen LogP contribution in [-0.4, -0.2) is 9.91 Å². The largest absolute Gasteiger partial charge is 0.433 e. The normalized spacial score (nSPS) is 10.1. The van der Waals surface area contributed by atoms with Crippen molar-refractivity contribution >= 4 is 39.9 Å². The third kappa shape index (κ3) is 2.88. The molecule has 1 aromatic heterocycles. The highest BCUT2D eigenvalue weighted by molar-refractivity contribution is 14.1. The van der Waals surface area contributed by atoms with Crippen LogP contribution in [0, 0.1) is 13.7 Å². The molecule has 0 N–H and O–H groups in total. The van der Waals surface area contributed by atoms with Crippen molar-refractivity contribution in [1.29, 1.82) is 0 Å². The van der Waals surface area contributed by atoms with E-state index in [0.29, 0.717) is 5.75 Å². The highest BCUT2D eigenvalue weighted by Gasteiger charge is 2.18. The van der Waals surface area contributed by atoms with Crippen molar-refractivity contribution in [2.45, 2.75) is 0 Å². The first kappa shape index (κ1) is 13.0. The molecule has 0 spiro atoms. The molecule has 0 aliphatic carbocycles. The Morgan fingerprint density at radius 1 is 1.28 bits per heavy atom. The van der Waals surface area contributed by atoms with E-state index in [0.717, 1.165) is 3.57 Å². The average Bonchev–Trinajstić information content (AvgIpc) is 2.32. The van der Waals surface area contributed by atoms with Crippen LogP contribution in [0.15, 0.2) is 36.4 Å². The molecule has 7 heteroatoms. The topological polar surface area (TPSA) is 65.3 Å². The lowest BCUT2D eigenvalue weighted by atomic mass is 10.3. The van der Waals surface area contributed by atoms with Gasteiger partial charge in [-0.3, -0.25) is 10.1 Å². The minimum atomic E-state index is -0.561. The van der Waals surface area contributed by atoms with Gasteiger partial charge in [0.2, 0.25) is 0 Å². The number of aromatic nitrogens is 1. The van der Waals surface area contributed by atoms with E-state index in [1.165, 1.54) is 12.1 Å². The number of ether oxygens (including phenoxy) is 1. The van der Waals surface area contributed by atoms with Crippen LogP contribution in [0.5, 0.6) is 11.6 Å². The maximum absolute atomic E-state index is 10.8. The van der Waals surface area contributed by atoms with E-state index in [4.69, 9.17) is 16.3 Å². The maximum Gasteiger partial charge on any atom is 0.331 e. The van der Waals surface area contributed by atoms with E-state index >= 15 is 0 Å². The van der Waals surface area contributed by atoms with Gasteiger partial charge in [0.15, 0.2) is 0 Å². The summed E-state index contributed by atoms with van der Waals surface area (Å²) in [6.07, 6.45) is 0. The number of para-hydroxylation sites is 1. The monoisotopic (exact) mass is 376 g/mol. The van der Waals surface area contributed by atoms with Gasteiger partial charge in [0.1, 0.15) is 10.9 Å². The summed E-state index contributed by atoms with van der Waals surface area (Å²) in [6.45, 7) is 0. The number of nitro groups is 1. The van der Waals surface area contributed by atoms with Gasteiger partial charge in [-0.15, -0.1) is 0 Å². The summed E-state index contributed by atoms with van der Waals surface area (Å²) in [5, 5.41) is 11.0. The smallest absolute Gasteiger partial charge is 0.331 e. The molecule has 1 aromatic carbocycles. The third-order valence-corrected chi connectivity index (χ3v) is 3.15. The Morgan fingerprint density at radius 3 is 2.67 bits per heavy atom. The van der Waals surface area contributed by atoms with E-state index in [1.807, 2.05) is 12.1 Å². The lowest BCUT2D eigenvalue weighted by molar-refractivity contribution is -0.386. The first-order chi connectivity index (χ1) is 8.58. The molecule has 0 radical (unpaired) electrons. The number of pyridine rings is 1. The summed E-state index contributed by atoms with van der Waals surface area (Å²) in [6, 6.07) is 9.76. The number of hydrogen-bond acceptors (Lipinski definition) is 4. The Balaban J connectivity index is 2.42. The van der Waals surface area contributed by atoms with Crippen LogP contribution in [0.4, 0.5) is 5.69 Å². The number of benzene rings is 1. The molecule has 18 heavy (non-hydrogen) atoms. The molecular formula is C11H6ClIN2O3. The van der Waals surface area contributed by atoms with Crippen molar-refractivity contribution in [2.24, 2.45) is 0 Å². The Morgan fingerprint density at radius 2 is 2.00 bits per heavy atom. The molecule has 0 aliphatic rings.